The molecule has 2 nitrogen and oxygen atoms in total. The normalized spacial score (nSPS) is 32.4. The molecule has 1 aromatic carbocycles. The molecule has 0 unspecified atom stereocenters. The molecule has 116 valence electrons. The smallest absolute Gasteiger partial charge is 0.249 e. The van der Waals surface area contributed by atoms with E-state index in [-0.39, 0.29) is 5.91 Å². The predicted octanol–water partition coefficient (Wildman–Crippen LogP) is 4.69. The van der Waals surface area contributed by atoms with Crippen molar-refractivity contribution in [2.24, 2.45) is 29.4 Å². The molecular weight excluding hydrogens is 317 g/mol. The van der Waals surface area contributed by atoms with Gasteiger partial charge in [-0.25, -0.2) is 0 Å². The molecule has 5 rings (SSSR count). The average Bonchev–Trinajstić information content (AvgIpc) is 2.43. The maximum Gasteiger partial charge on any atom is 0.249 e. The van der Waals surface area contributed by atoms with Gasteiger partial charge in [-0.15, -0.1) is 0 Å². The molecule has 0 aromatic heterocycles. The second-order valence-electron chi connectivity index (χ2n) is 7.12. The summed E-state index contributed by atoms with van der Waals surface area (Å²) in [5.41, 5.74) is 8.46. The Labute approximate surface area is 140 Å². The van der Waals surface area contributed by atoms with E-state index in [0.717, 1.165) is 17.4 Å². The predicted molar refractivity (Wildman–Crippen MR) is 89.6 cm³/mol. The van der Waals surface area contributed by atoms with Gasteiger partial charge < -0.3 is 5.73 Å². The molecule has 2 N–H and O–H groups in total. The Bertz CT molecular complexity index is 650. The van der Waals surface area contributed by atoms with Crippen molar-refractivity contribution >= 4 is 34.7 Å². The first kappa shape index (κ1) is 14.6. The first-order valence-electron chi connectivity index (χ1n) is 8.02. The maximum absolute atomic E-state index is 12.2. The topological polar surface area (TPSA) is 43.1 Å². The molecule has 1 aromatic rings. The van der Waals surface area contributed by atoms with Crippen molar-refractivity contribution in [3.05, 3.63) is 39.4 Å². The molecule has 4 aliphatic carbocycles. The lowest BCUT2D eigenvalue weighted by Crippen LogP contribution is -2.41. The number of carbonyl (C=O) groups excluding carboxylic acids is 1. The van der Waals surface area contributed by atoms with Crippen molar-refractivity contribution in [3.63, 3.8) is 0 Å². The number of primary amides is 1. The Kier molecular flexibility index (Phi) is 3.50. The van der Waals surface area contributed by atoms with Crippen LogP contribution in [0, 0.1) is 23.7 Å². The van der Waals surface area contributed by atoms with Gasteiger partial charge >= 0.3 is 0 Å². The van der Waals surface area contributed by atoms with Crippen molar-refractivity contribution in [2.45, 2.75) is 32.1 Å². The third kappa shape index (κ3) is 2.28. The minimum absolute atomic E-state index is 0.355. The van der Waals surface area contributed by atoms with Gasteiger partial charge in [-0.1, -0.05) is 34.8 Å². The first-order chi connectivity index (χ1) is 10.5. The van der Waals surface area contributed by atoms with E-state index >= 15 is 0 Å². The number of carbonyl (C=O) groups is 1. The van der Waals surface area contributed by atoms with Crippen LogP contribution in [0.1, 0.15) is 37.7 Å². The third-order valence-electron chi connectivity index (χ3n) is 5.75. The van der Waals surface area contributed by atoms with E-state index in [1.165, 1.54) is 37.7 Å². The quantitative estimate of drug-likeness (QED) is 0.783. The highest BCUT2D eigenvalue weighted by Gasteiger charge is 2.46. The molecule has 0 aliphatic heterocycles. The van der Waals surface area contributed by atoms with Gasteiger partial charge in [0, 0.05) is 16.2 Å². The lowest BCUT2D eigenvalue weighted by Gasteiger charge is -2.52. The van der Waals surface area contributed by atoms with Crippen molar-refractivity contribution in [1.29, 1.82) is 0 Å². The van der Waals surface area contributed by atoms with Crippen LogP contribution in [0.5, 0.6) is 0 Å². The SMILES string of the molecule is NC(=O)C(=C1C2CC3CC(C2)CC1C3)c1ccc(Cl)cc1Cl. The molecule has 0 heterocycles. The summed E-state index contributed by atoms with van der Waals surface area (Å²) in [5, 5.41) is 1.09. The van der Waals surface area contributed by atoms with Gasteiger partial charge in [-0.2, -0.15) is 0 Å². The summed E-state index contributed by atoms with van der Waals surface area (Å²) in [6, 6.07) is 5.31. The lowest BCUT2D eigenvalue weighted by molar-refractivity contribution is -0.112. The maximum atomic E-state index is 12.2. The molecule has 22 heavy (non-hydrogen) atoms. The molecule has 4 heteroatoms. The second kappa shape index (κ2) is 5.28. The summed E-state index contributed by atoms with van der Waals surface area (Å²) in [6.45, 7) is 0. The van der Waals surface area contributed by atoms with Gasteiger partial charge in [0.2, 0.25) is 5.91 Å². The molecule has 4 saturated carbocycles. The summed E-state index contributed by atoms with van der Waals surface area (Å²) in [6.07, 6.45) is 6.23. The summed E-state index contributed by atoms with van der Waals surface area (Å²) in [7, 11) is 0. The number of hydrogen-bond acceptors (Lipinski definition) is 1. The van der Waals surface area contributed by atoms with Crippen molar-refractivity contribution < 1.29 is 4.79 Å². The molecular formula is C18H19Cl2NO. The van der Waals surface area contributed by atoms with E-state index in [0.29, 0.717) is 27.5 Å². The van der Waals surface area contributed by atoms with Gasteiger partial charge in [-0.05, 0) is 67.9 Å². The zero-order chi connectivity index (χ0) is 15.4. The van der Waals surface area contributed by atoms with Gasteiger partial charge in [0.05, 0.1) is 5.02 Å². The molecule has 0 radical (unpaired) electrons. The van der Waals surface area contributed by atoms with E-state index in [1.807, 2.05) is 6.07 Å². The molecule has 4 bridgehead atoms. The van der Waals surface area contributed by atoms with E-state index in [2.05, 4.69) is 0 Å². The fraction of sp³-hybridized carbons (Fsp3) is 0.500. The van der Waals surface area contributed by atoms with Crippen LogP contribution in [0.2, 0.25) is 10.0 Å². The highest BCUT2D eigenvalue weighted by Crippen LogP contribution is 2.58. The number of amides is 1. The van der Waals surface area contributed by atoms with Crippen molar-refractivity contribution in [3.8, 4) is 0 Å². The van der Waals surface area contributed by atoms with Crippen LogP contribution < -0.4 is 5.73 Å². The molecule has 4 aliphatic rings. The van der Waals surface area contributed by atoms with Gasteiger partial charge in [0.25, 0.3) is 0 Å². The Balaban J connectivity index is 1.86. The summed E-state index contributed by atoms with van der Waals surface area (Å²) in [4.78, 5) is 12.2. The monoisotopic (exact) mass is 335 g/mol. The van der Waals surface area contributed by atoms with Crippen LogP contribution in [0.15, 0.2) is 23.8 Å². The Morgan fingerprint density at radius 1 is 1.00 bits per heavy atom. The number of nitrogens with two attached hydrogens (primary N) is 1. The highest BCUT2D eigenvalue weighted by molar-refractivity contribution is 6.37. The van der Waals surface area contributed by atoms with Gasteiger partial charge in [0.15, 0.2) is 0 Å². The van der Waals surface area contributed by atoms with Crippen molar-refractivity contribution in [2.75, 3.05) is 0 Å². The van der Waals surface area contributed by atoms with Crippen LogP contribution in [-0.2, 0) is 4.79 Å². The standard InChI is InChI=1S/C18H19Cl2NO/c19-13-1-2-14(15(20)8-13)17(18(21)22)16-11-4-9-3-10(6-11)7-12(16)5-9/h1-2,8-12H,3-7H2,(H2,21,22). The number of allylic oxidation sites excluding steroid dienone is 1. The molecule has 0 spiro atoms. The van der Waals surface area contributed by atoms with Crippen LogP contribution in [0.4, 0.5) is 0 Å². The first-order valence-corrected chi connectivity index (χ1v) is 8.77. The van der Waals surface area contributed by atoms with E-state index in [4.69, 9.17) is 28.9 Å². The molecule has 4 fully saturated rings. The fourth-order valence-corrected chi connectivity index (χ4v) is 5.73. The fourth-order valence-electron chi connectivity index (χ4n) is 5.22. The third-order valence-corrected chi connectivity index (χ3v) is 6.30. The number of rotatable bonds is 2. The number of hydrogen-bond donors (Lipinski definition) is 1. The van der Waals surface area contributed by atoms with E-state index in [1.54, 1.807) is 12.1 Å². The molecule has 1 amide bonds. The number of halogens is 2. The molecule has 0 atom stereocenters. The Hall–Kier alpha value is -0.990. The second-order valence-corrected chi connectivity index (χ2v) is 7.97. The molecule has 0 saturated heterocycles. The van der Waals surface area contributed by atoms with Gasteiger partial charge in [0.1, 0.15) is 0 Å². The van der Waals surface area contributed by atoms with Crippen molar-refractivity contribution in [1.82, 2.24) is 0 Å². The van der Waals surface area contributed by atoms with Crippen LogP contribution in [0.25, 0.3) is 5.57 Å². The summed E-state index contributed by atoms with van der Waals surface area (Å²) in [5.74, 6) is 2.38. The Morgan fingerprint density at radius 3 is 2.09 bits per heavy atom. The lowest BCUT2D eigenvalue weighted by atomic mass is 9.53. The summed E-state index contributed by atoms with van der Waals surface area (Å²) < 4.78 is 0. The summed E-state index contributed by atoms with van der Waals surface area (Å²) >= 11 is 12.3. The van der Waals surface area contributed by atoms with Crippen LogP contribution >= 0.6 is 23.2 Å². The highest BCUT2D eigenvalue weighted by atomic mass is 35.5. The van der Waals surface area contributed by atoms with E-state index in [9.17, 15) is 4.79 Å². The number of benzene rings is 1. The zero-order valence-electron chi connectivity index (χ0n) is 12.3. The van der Waals surface area contributed by atoms with E-state index < -0.39 is 0 Å². The minimum Gasteiger partial charge on any atom is -0.366 e. The largest absolute Gasteiger partial charge is 0.366 e. The average molecular weight is 336 g/mol. The Morgan fingerprint density at radius 2 is 1.59 bits per heavy atom. The van der Waals surface area contributed by atoms with Crippen LogP contribution in [-0.4, -0.2) is 5.91 Å². The zero-order valence-corrected chi connectivity index (χ0v) is 13.8. The van der Waals surface area contributed by atoms with Crippen LogP contribution in [0.3, 0.4) is 0 Å². The van der Waals surface area contributed by atoms with Gasteiger partial charge in [-0.3, -0.25) is 4.79 Å². The minimum atomic E-state index is -0.355.